The van der Waals surface area contributed by atoms with E-state index in [9.17, 15) is 9.59 Å². The SMILES string of the molecule is COC(=O)NC1CCC(C(=O)Nc2cccc(C#Cc3nccs3)c2CC2CCC(c3ccc(OC)c(C)c3)CC2)CC1. The van der Waals surface area contributed by atoms with Crippen LogP contribution in [0, 0.1) is 30.6 Å². The largest absolute Gasteiger partial charge is 0.496 e. The van der Waals surface area contributed by atoms with E-state index in [2.05, 4.69) is 58.6 Å². The Labute approximate surface area is 258 Å². The number of alkyl carbamates (subject to hydrolysis) is 1. The third-order valence-electron chi connectivity index (χ3n) is 9.01. The molecule has 2 aliphatic carbocycles. The van der Waals surface area contributed by atoms with Crippen LogP contribution in [0.2, 0.25) is 0 Å². The van der Waals surface area contributed by atoms with Gasteiger partial charge in [0.15, 0.2) is 5.01 Å². The molecular weight excluding hydrogens is 558 g/mol. The van der Waals surface area contributed by atoms with Gasteiger partial charge in [0.2, 0.25) is 5.91 Å². The number of benzene rings is 2. The van der Waals surface area contributed by atoms with Crippen LogP contribution in [0.25, 0.3) is 0 Å². The van der Waals surface area contributed by atoms with Gasteiger partial charge in [0.05, 0.1) is 14.2 Å². The Kier molecular flexibility index (Phi) is 10.4. The van der Waals surface area contributed by atoms with Crippen molar-refractivity contribution in [3.05, 3.63) is 75.2 Å². The van der Waals surface area contributed by atoms with Crippen molar-refractivity contribution in [2.24, 2.45) is 11.8 Å². The van der Waals surface area contributed by atoms with E-state index in [1.807, 2.05) is 17.5 Å². The maximum atomic E-state index is 13.4. The predicted octanol–water partition coefficient (Wildman–Crippen LogP) is 7.23. The maximum Gasteiger partial charge on any atom is 0.407 e. The van der Waals surface area contributed by atoms with Crippen LogP contribution in [0.4, 0.5) is 10.5 Å². The Morgan fingerprint density at radius 2 is 1.79 bits per heavy atom. The van der Waals surface area contributed by atoms with Gasteiger partial charge in [-0.25, -0.2) is 9.78 Å². The highest BCUT2D eigenvalue weighted by Gasteiger charge is 2.29. The fourth-order valence-corrected chi connectivity index (χ4v) is 7.03. The quantitative estimate of drug-likeness (QED) is 0.280. The molecule has 43 heavy (non-hydrogen) atoms. The van der Waals surface area contributed by atoms with Crippen LogP contribution in [0.1, 0.15) is 84.5 Å². The number of carbonyl (C=O) groups is 2. The van der Waals surface area contributed by atoms with E-state index in [0.29, 0.717) is 11.8 Å². The Morgan fingerprint density at radius 1 is 1.00 bits per heavy atom. The van der Waals surface area contributed by atoms with Crippen LogP contribution >= 0.6 is 11.3 Å². The second-order valence-corrected chi connectivity index (χ2v) is 12.6. The molecule has 0 spiro atoms. The number of aromatic nitrogens is 1. The monoisotopic (exact) mass is 599 g/mol. The summed E-state index contributed by atoms with van der Waals surface area (Å²) in [5.41, 5.74) is 5.51. The summed E-state index contributed by atoms with van der Waals surface area (Å²) in [5.74, 6) is 8.56. The maximum absolute atomic E-state index is 13.4. The zero-order valence-electron chi connectivity index (χ0n) is 25.3. The van der Waals surface area contributed by atoms with E-state index in [-0.39, 0.29) is 17.9 Å². The average molecular weight is 600 g/mol. The van der Waals surface area contributed by atoms with Crippen molar-refractivity contribution in [1.29, 1.82) is 0 Å². The number of nitrogens with zero attached hydrogens (tertiary/aromatic N) is 1. The van der Waals surface area contributed by atoms with Crippen LogP contribution in [0.3, 0.4) is 0 Å². The first kappa shape index (κ1) is 30.6. The normalized spacial score (nSPS) is 21.7. The lowest BCUT2D eigenvalue weighted by molar-refractivity contribution is -0.120. The van der Waals surface area contributed by atoms with Crippen LogP contribution in [0.15, 0.2) is 48.0 Å². The van der Waals surface area contributed by atoms with Gasteiger partial charge in [-0.05, 0) is 117 Å². The first-order valence-corrected chi connectivity index (χ1v) is 16.1. The molecule has 2 aromatic carbocycles. The summed E-state index contributed by atoms with van der Waals surface area (Å²) >= 11 is 1.53. The summed E-state index contributed by atoms with van der Waals surface area (Å²) < 4.78 is 10.2. The molecule has 0 aliphatic heterocycles. The first-order chi connectivity index (χ1) is 20.9. The number of anilines is 1. The van der Waals surface area contributed by atoms with E-state index < -0.39 is 6.09 Å². The highest BCUT2D eigenvalue weighted by molar-refractivity contribution is 7.10. The lowest BCUT2D eigenvalue weighted by atomic mass is 9.76. The number of thiazole rings is 1. The molecule has 2 saturated carbocycles. The minimum absolute atomic E-state index is 0.0429. The summed E-state index contributed by atoms with van der Waals surface area (Å²) in [6, 6.07) is 12.7. The molecule has 7 nitrogen and oxygen atoms in total. The van der Waals surface area contributed by atoms with Gasteiger partial charge < -0.3 is 20.1 Å². The molecule has 0 radical (unpaired) electrons. The van der Waals surface area contributed by atoms with E-state index in [1.54, 1.807) is 13.3 Å². The van der Waals surface area contributed by atoms with Gasteiger partial charge in [-0.2, -0.15) is 0 Å². The minimum atomic E-state index is -0.415. The van der Waals surface area contributed by atoms with Gasteiger partial charge in [0, 0.05) is 34.8 Å². The van der Waals surface area contributed by atoms with Crippen molar-refractivity contribution in [3.8, 4) is 17.6 Å². The van der Waals surface area contributed by atoms with Gasteiger partial charge in [-0.1, -0.05) is 24.1 Å². The van der Waals surface area contributed by atoms with Gasteiger partial charge in [-0.15, -0.1) is 11.3 Å². The molecule has 2 fully saturated rings. The van der Waals surface area contributed by atoms with Gasteiger partial charge in [0.25, 0.3) is 0 Å². The van der Waals surface area contributed by atoms with Crippen molar-refractivity contribution < 1.29 is 19.1 Å². The smallest absolute Gasteiger partial charge is 0.407 e. The number of hydrogen-bond acceptors (Lipinski definition) is 6. The first-order valence-electron chi connectivity index (χ1n) is 15.3. The standard InChI is InChI=1S/C35H41N3O4S/c1-23-21-28(13-17-32(23)41-2)25-9-7-24(8-10-25)22-30-26(14-18-33-36-19-20-43-33)5-4-6-31(30)38-34(39)27-11-15-29(16-12-27)37-35(40)42-3/h4-6,13,17,19-21,24-25,27,29H,7-12,15-16,22H2,1-3H3,(H,37,40)(H,38,39). The molecule has 1 aromatic heterocycles. The molecule has 2 amide bonds. The minimum Gasteiger partial charge on any atom is -0.496 e. The molecule has 3 aromatic rings. The van der Waals surface area contributed by atoms with Crippen LogP contribution in [0.5, 0.6) is 5.75 Å². The third-order valence-corrected chi connectivity index (χ3v) is 9.69. The second kappa shape index (κ2) is 14.6. The Bertz CT molecular complexity index is 1460. The number of ether oxygens (including phenoxy) is 2. The molecule has 8 heteroatoms. The number of amides is 2. The number of rotatable bonds is 7. The molecular formula is C35H41N3O4S. The number of aryl methyl sites for hydroxylation is 1. The molecule has 0 atom stereocenters. The van der Waals surface area contributed by atoms with Crippen LogP contribution in [-0.2, 0) is 16.0 Å². The lowest BCUT2D eigenvalue weighted by Crippen LogP contribution is -2.39. The van der Waals surface area contributed by atoms with E-state index in [1.165, 1.54) is 29.6 Å². The summed E-state index contributed by atoms with van der Waals surface area (Å²) in [6.07, 6.45) is 9.77. The highest BCUT2D eigenvalue weighted by Crippen LogP contribution is 2.39. The Hall–Kier alpha value is -3.83. The second-order valence-electron chi connectivity index (χ2n) is 11.7. The fourth-order valence-electron chi connectivity index (χ4n) is 6.55. The number of hydrogen-bond donors (Lipinski definition) is 2. The molecule has 0 bridgehead atoms. The summed E-state index contributed by atoms with van der Waals surface area (Å²) in [4.78, 5) is 29.4. The molecule has 226 valence electrons. The molecule has 0 unspecified atom stereocenters. The average Bonchev–Trinajstić information content (AvgIpc) is 3.55. The summed E-state index contributed by atoms with van der Waals surface area (Å²) in [7, 11) is 3.09. The molecule has 1 heterocycles. The number of carbonyl (C=O) groups excluding carboxylic acids is 2. The van der Waals surface area contributed by atoms with Crippen molar-refractivity contribution in [2.45, 2.75) is 76.7 Å². The highest BCUT2D eigenvalue weighted by atomic mass is 32.1. The summed E-state index contributed by atoms with van der Waals surface area (Å²) in [5, 5.41) is 8.86. The van der Waals surface area contributed by atoms with Crippen molar-refractivity contribution in [1.82, 2.24) is 10.3 Å². The van der Waals surface area contributed by atoms with Crippen LogP contribution in [-0.4, -0.2) is 37.2 Å². The van der Waals surface area contributed by atoms with Crippen molar-refractivity contribution in [3.63, 3.8) is 0 Å². The topological polar surface area (TPSA) is 89.5 Å². The Morgan fingerprint density at radius 3 is 2.47 bits per heavy atom. The van der Waals surface area contributed by atoms with Gasteiger partial charge in [0.1, 0.15) is 5.75 Å². The Balaban J connectivity index is 1.28. The predicted molar refractivity (Wildman–Crippen MR) is 171 cm³/mol. The number of methoxy groups -OCH3 is 2. The fraction of sp³-hybridized carbons (Fsp3) is 0.457. The van der Waals surface area contributed by atoms with Crippen LogP contribution < -0.4 is 15.4 Å². The van der Waals surface area contributed by atoms with Crippen molar-refractivity contribution >= 4 is 29.0 Å². The van der Waals surface area contributed by atoms with E-state index in [0.717, 1.165) is 85.4 Å². The lowest BCUT2D eigenvalue weighted by Gasteiger charge is -2.30. The third kappa shape index (κ3) is 7.97. The molecule has 2 aliphatic rings. The van der Waals surface area contributed by atoms with Gasteiger partial charge in [-0.3, -0.25) is 4.79 Å². The molecule has 2 N–H and O–H groups in total. The van der Waals surface area contributed by atoms with Crippen molar-refractivity contribution in [2.75, 3.05) is 19.5 Å². The van der Waals surface area contributed by atoms with E-state index >= 15 is 0 Å². The zero-order valence-corrected chi connectivity index (χ0v) is 26.1. The molecule has 5 rings (SSSR count). The van der Waals surface area contributed by atoms with Gasteiger partial charge >= 0.3 is 6.09 Å². The summed E-state index contributed by atoms with van der Waals surface area (Å²) in [6.45, 7) is 2.11. The zero-order chi connectivity index (χ0) is 30.2. The number of nitrogens with one attached hydrogen (secondary N) is 2. The van der Waals surface area contributed by atoms with E-state index in [4.69, 9.17) is 9.47 Å². The molecule has 0 saturated heterocycles.